The summed E-state index contributed by atoms with van der Waals surface area (Å²) in [4.78, 5) is 0. The van der Waals surface area contributed by atoms with Gasteiger partial charge in [-0.25, -0.2) is 0 Å². The topological polar surface area (TPSA) is 12.0 Å². The Labute approximate surface area is 109 Å². The summed E-state index contributed by atoms with van der Waals surface area (Å²) in [5.74, 6) is 3.95. The molecule has 2 rings (SSSR count). The molecule has 1 nitrogen and oxygen atoms in total. The molecule has 0 aliphatic carbocycles. The van der Waals surface area contributed by atoms with Gasteiger partial charge >= 0.3 is 0 Å². The normalized spacial score (nSPS) is 21.9. The van der Waals surface area contributed by atoms with Crippen molar-refractivity contribution >= 4 is 11.8 Å². The zero-order valence-electron chi connectivity index (χ0n) is 10.9. The van der Waals surface area contributed by atoms with Gasteiger partial charge in [0, 0.05) is 18.3 Å². The van der Waals surface area contributed by atoms with Crippen LogP contribution in [0.4, 0.5) is 0 Å². The Morgan fingerprint density at radius 2 is 2.06 bits per heavy atom. The lowest BCUT2D eigenvalue weighted by Crippen LogP contribution is -2.33. The van der Waals surface area contributed by atoms with Crippen LogP contribution in [0, 0.1) is 5.92 Å². The van der Waals surface area contributed by atoms with Gasteiger partial charge < -0.3 is 5.32 Å². The van der Waals surface area contributed by atoms with Gasteiger partial charge in [-0.3, -0.25) is 0 Å². The van der Waals surface area contributed by atoms with Crippen LogP contribution in [0.25, 0.3) is 0 Å². The highest BCUT2D eigenvalue weighted by atomic mass is 32.2. The Morgan fingerprint density at radius 1 is 1.29 bits per heavy atom. The Bertz CT molecular complexity index is 317. The summed E-state index contributed by atoms with van der Waals surface area (Å²) in [6, 6.07) is 11.7. The SMILES string of the molecule is CC(C)C(CNC1CCSC1)c1ccccc1. The fourth-order valence-electron chi connectivity index (χ4n) is 2.43. The van der Waals surface area contributed by atoms with E-state index < -0.39 is 0 Å². The predicted molar refractivity (Wildman–Crippen MR) is 77.8 cm³/mol. The van der Waals surface area contributed by atoms with Crippen LogP contribution in [0.1, 0.15) is 31.7 Å². The van der Waals surface area contributed by atoms with Gasteiger partial charge in [-0.2, -0.15) is 11.8 Å². The first kappa shape index (κ1) is 13.0. The minimum atomic E-state index is 0.641. The van der Waals surface area contributed by atoms with Gasteiger partial charge in [0.05, 0.1) is 0 Å². The van der Waals surface area contributed by atoms with Crippen LogP contribution < -0.4 is 5.32 Å². The molecule has 0 radical (unpaired) electrons. The maximum atomic E-state index is 3.74. The molecule has 17 heavy (non-hydrogen) atoms. The molecular weight excluding hydrogens is 226 g/mol. The molecule has 1 aromatic carbocycles. The molecule has 1 fully saturated rings. The van der Waals surface area contributed by atoms with Crippen molar-refractivity contribution in [1.29, 1.82) is 0 Å². The molecule has 2 atom stereocenters. The van der Waals surface area contributed by atoms with E-state index in [1.165, 1.54) is 23.5 Å². The largest absolute Gasteiger partial charge is 0.313 e. The van der Waals surface area contributed by atoms with E-state index in [4.69, 9.17) is 0 Å². The van der Waals surface area contributed by atoms with E-state index in [-0.39, 0.29) is 0 Å². The molecule has 1 aliphatic heterocycles. The second-order valence-corrected chi connectivity index (χ2v) is 6.38. The molecule has 1 N–H and O–H groups in total. The Balaban J connectivity index is 1.93. The van der Waals surface area contributed by atoms with Crippen molar-refractivity contribution in [2.75, 3.05) is 18.1 Å². The van der Waals surface area contributed by atoms with E-state index >= 15 is 0 Å². The van der Waals surface area contributed by atoms with Crippen LogP contribution in [0.3, 0.4) is 0 Å². The van der Waals surface area contributed by atoms with Gasteiger partial charge in [-0.1, -0.05) is 44.2 Å². The van der Waals surface area contributed by atoms with Crippen LogP contribution in [0.15, 0.2) is 30.3 Å². The third-order valence-electron chi connectivity index (χ3n) is 3.59. The average Bonchev–Trinajstić information content (AvgIpc) is 2.83. The molecule has 0 bridgehead atoms. The molecule has 94 valence electrons. The van der Waals surface area contributed by atoms with E-state index in [2.05, 4.69) is 61.3 Å². The fraction of sp³-hybridized carbons (Fsp3) is 0.600. The second kappa shape index (κ2) is 6.46. The molecule has 1 aliphatic rings. The van der Waals surface area contributed by atoms with E-state index in [1.54, 1.807) is 0 Å². The molecule has 1 saturated heterocycles. The highest BCUT2D eigenvalue weighted by Crippen LogP contribution is 2.24. The average molecular weight is 249 g/mol. The zero-order valence-corrected chi connectivity index (χ0v) is 11.7. The first-order valence-electron chi connectivity index (χ1n) is 6.63. The molecule has 1 aromatic rings. The van der Waals surface area contributed by atoms with Gasteiger partial charge in [0.2, 0.25) is 0 Å². The number of benzene rings is 1. The van der Waals surface area contributed by atoms with Gasteiger partial charge in [0.25, 0.3) is 0 Å². The van der Waals surface area contributed by atoms with Crippen molar-refractivity contribution in [3.63, 3.8) is 0 Å². The third kappa shape index (κ3) is 3.75. The van der Waals surface area contributed by atoms with E-state index in [0.717, 1.165) is 12.6 Å². The number of hydrogen-bond acceptors (Lipinski definition) is 2. The van der Waals surface area contributed by atoms with Crippen molar-refractivity contribution in [1.82, 2.24) is 5.32 Å². The fourth-order valence-corrected chi connectivity index (χ4v) is 3.61. The summed E-state index contributed by atoms with van der Waals surface area (Å²) >= 11 is 2.08. The summed E-state index contributed by atoms with van der Waals surface area (Å²) in [7, 11) is 0. The summed E-state index contributed by atoms with van der Waals surface area (Å²) in [6.07, 6.45) is 1.34. The summed E-state index contributed by atoms with van der Waals surface area (Å²) < 4.78 is 0. The number of hydrogen-bond donors (Lipinski definition) is 1. The van der Waals surface area contributed by atoms with Crippen LogP contribution in [-0.2, 0) is 0 Å². The monoisotopic (exact) mass is 249 g/mol. The molecule has 0 spiro atoms. The Hall–Kier alpha value is -0.470. The first-order chi connectivity index (χ1) is 8.27. The van der Waals surface area contributed by atoms with E-state index in [0.29, 0.717) is 11.8 Å². The van der Waals surface area contributed by atoms with Crippen molar-refractivity contribution in [3.05, 3.63) is 35.9 Å². The van der Waals surface area contributed by atoms with Gasteiger partial charge in [0.1, 0.15) is 0 Å². The van der Waals surface area contributed by atoms with Crippen LogP contribution >= 0.6 is 11.8 Å². The van der Waals surface area contributed by atoms with E-state index in [1.807, 2.05) is 0 Å². The summed E-state index contributed by atoms with van der Waals surface area (Å²) in [5.41, 5.74) is 1.47. The first-order valence-corrected chi connectivity index (χ1v) is 7.79. The standard InChI is InChI=1S/C15H23NS/c1-12(2)15(13-6-4-3-5-7-13)10-16-14-8-9-17-11-14/h3-7,12,14-16H,8-11H2,1-2H3. The van der Waals surface area contributed by atoms with Crippen LogP contribution in [-0.4, -0.2) is 24.1 Å². The van der Waals surface area contributed by atoms with Gasteiger partial charge in [-0.15, -0.1) is 0 Å². The zero-order chi connectivity index (χ0) is 12.1. The molecule has 0 amide bonds. The lowest BCUT2D eigenvalue weighted by atomic mass is 9.88. The lowest BCUT2D eigenvalue weighted by molar-refractivity contribution is 0.434. The molecule has 2 heteroatoms. The maximum Gasteiger partial charge on any atom is 0.0166 e. The smallest absolute Gasteiger partial charge is 0.0166 e. The summed E-state index contributed by atoms with van der Waals surface area (Å²) in [6.45, 7) is 5.76. The number of thioether (sulfide) groups is 1. The van der Waals surface area contributed by atoms with Crippen molar-refractivity contribution < 1.29 is 0 Å². The molecule has 2 unspecified atom stereocenters. The Morgan fingerprint density at radius 3 is 2.65 bits per heavy atom. The van der Waals surface area contributed by atoms with Gasteiger partial charge in [-0.05, 0) is 29.6 Å². The highest BCUT2D eigenvalue weighted by Gasteiger charge is 2.19. The maximum absolute atomic E-state index is 3.74. The minimum Gasteiger partial charge on any atom is -0.313 e. The minimum absolute atomic E-state index is 0.641. The second-order valence-electron chi connectivity index (χ2n) is 5.23. The summed E-state index contributed by atoms with van der Waals surface area (Å²) in [5, 5.41) is 3.74. The quantitative estimate of drug-likeness (QED) is 0.857. The lowest BCUT2D eigenvalue weighted by Gasteiger charge is -2.24. The van der Waals surface area contributed by atoms with Crippen LogP contribution in [0.2, 0.25) is 0 Å². The highest BCUT2D eigenvalue weighted by molar-refractivity contribution is 7.99. The molecule has 0 aromatic heterocycles. The number of rotatable bonds is 5. The van der Waals surface area contributed by atoms with Crippen molar-refractivity contribution in [2.24, 2.45) is 5.92 Å². The Kier molecular flexibility index (Phi) is 4.93. The van der Waals surface area contributed by atoms with Crippen molar-refractivity contribution in [3.8, 4) is 0 Å². The molecule has 1 heterocycles. The van der Waals surface area contributed by atoms with E-state index in [9.17, 15) is 0 Å². The molecular formula is C15H23NS. The van der Waals surface area contributed by atoms with Crippen molar-refractivity contribution in [2.45, 2.75) is 32.2 Å². The molecule has 0 saturated carbocycles. The van der Waals surface area contributed by atoms with Gasteiger partial charge in [0.15, 0.2) is 0 Å². The predicted octanol–water partition coefficient (Wildman–Crippen LogP) is 3.52. The third-order valence-corrected chi connectivity index (χ3v) is 4.75. The van der Waals surface area contributed by atoms with Crippen LogP contribution in [0.5, 0.6) is 0 Å². The number of nitrogens with one attached hydrogen (secondary N) is 1.